The van der Waals surface area contributed by atoms with E-state index in [0.29, 0.717) is 16.7 Å². The second-order valence-electron chi connectivity index (χ2n) is 7.13. The van der Waals surface area contributed by atoms with Crippen LogP contribution in [-0.2, 0) is 14.9 Å². The van der Waals surface area contributed by atoms with Gasteiger partial charge in [-0.1, -0.05) is 60.7 Å². The van der Waals surface area contributed by atoms with E-state index in [2.05, 4.69) is 0 Å². The Balaban J connectivity index is 1.97. The minimum Gasteiger partial charge on any atom is -0.469 e. The van der Waals surface area contributed by atoms with Crippen LogP contribution in [0.1, 0.15) is 23.4 Å². The smallest absolute Gasteiger partial charge is 0.307 e. The van der Waals surface area contributed by atoms with E-state index in [-0.39, 0.29) is 17.9 Å². The molecule has 4 aromatic rings. The van der Waals surface area contributed by atoms with Crippen LogP contribution in [0.3, 0.4) is 0 Å². The molecule has 142 valence electrons. The van der Waals surface area contributed by atoms with Gasteiger partial charge in [-0.3, -0.25) is 14.2 Å². The van der Waals surface area contributed by atoms with E-state index in [1.54, 1.807) is 10.6 Å². The quantitative estimate of drug-likeness (QED) is 0.508. The van der Waals surface area contributed by atoms with Gasteiger partial charge in [0.1, 0.15) is 5.82 Å². The Morgan fingerprint density at radius 3 is 2.45 bits per heavy atom. The van der Waals surface area contributed by atoms with Crippen LogP contribution in [0, 0.1) is 0 Å². The van der Waals surface area contributed by atoms with Crippen LogP contribution < -0.4 is 5.56 Å². The van der Waals surface area contributed by atoms with Crippen molar-refractivity contribution in [2.75, 3.05) is 7.11 Å². The molecule has 1 atom stereocenters. The first kappa shape index (κ1) is 17.4. The molecular formula is C24H18N2O3. The van der Waals surface area contributed by atoms with Crippen LogP contribution in [0.4, 0.5) is 0 Å². The fourth-order valence-corrected chi connectivity index (χ4v) is 4.36. The van der Waals surface area contributed by atoms with E-state index in [4.69, 9.17) is 9.72 Å². The lowest BCUT2D eigenvalue weighted by atomic mass is 9.72. The zero-order valence-electron chi connectivity index (χ0n) is 15.8. The number of nitrogens with zero attached hydrogens (tertiary/aromatic N) is 2. The highest BCUT2D eigenvalue weighted by molar-refractivity contribution is 5.81. The number of ether oxygens (including phenoxy) is 1. The molecule has 0 fully saturated rings. The third kappa shape index (κ3) is 2.37. The summed E-state index contributed by atoms with van der Waals surface area (Å²) in [6.07, 6.45) is 0.0509. The molecule has 0 amide bonds. The molecule has 0 saturated heterocycles. The number of hydrogen-bond donors (Lipinski definition) is 0. The number of esters is 1. The topological polar surface area (TPSA) is 61.2 Å². The lowest BCUT2D eigenvalue weighted by Gasteiger charge is -2.29. The average Bonchev–Trinajstić information content (AvgIpc) is 3.05. The van der Waals surface area contributed by atoms with Crippen LogP contribution in [0.5, 0.6) is 0 Å². The van der Waals surface area contributed by atoms with Crippen molar-refractivity contribution in [3.8, 4) is 5.69 Å². The summed E-state index contributed by atoms with van der Waals surface area (Å²) in [5.74, 6) is 0.179. The molecule has 5 nitrogen and oxygen atoms in total. The van der Waals surface area contributed by atoms with Crippen molar-refractivity contribution in [3.05, 3.63) is 106 Å². The molecule has 0 aliphatic carbocycles. The predicted octanol–water partition coefficient (Wildman–Crippen LogP) is 3.60. The SMILES string of the molecule is COC(=O)CC1(c2ccccc2)c2ccccc2-n2c1nc1ccccc1c2=O. The van der Waals surface area contributed by atoms with Crippen LogP contribution >= 0.6 is 0 Å². The first-order chi connectivity index (χ1) is 14.2. The van der Waals surface area contributed by atoms with Crippen molar-refractivity contribution in [1.29, 1.82) is 0 Å². The molecule has 3 aromatic carbocycles. The summed E-state index contributed by atoms with van der Waals surface area (Å²) in [6.45, 7) is 0. The van der Waals surface area contributed by atoms with Gasteiger partial charge in [0.15, 0.2) is 0 Å². The average molecular weight is 382 g/mol. The number of carbonyl (C=O) groups is 1. The van der Waals surface area contributed by atoms with E-state index in [1.165, 1.54) is 7.11 Å². The summed E-state index contributed by atoms with van der Waals surface area (Å²) >= 11 is 0. The van der Waals surface area contributed by atoms with Gasteiger partial charge in [0.25, 0.3) is 5.56 Å². The summed E-state index contributed by atoms with van der Waals surface area (Å²) in [6, 6.07) is 24.7. The van der Waals surface area contributed by atoms with Crippen LogP contribution in [0.15, 0.2) is 83.7 Å². The molecule has 0 radical (unpaired) electrons. The Hall–Kier alpha value is -3.73. The van der Waals surface area contributed by atoms with Crippen molar-refractivity contribution in [3.63, 3.8) is 0 Å². The maximum absolute atomic E-state index is 13.5. The van der Waals surface area contributed by atoms with Crippen molar-refractivity contribution in [1.82, 2.24) is 9.55 Å². The standard InChI is InChI=1S/C24H18N2O3/c1-29-21(27)15-24(16-9-3-2-4-10-16)18-12-6-8-14-20(18)26-22(28)17-11-5-7-13-19(17)25-23(24)26/h2-14H,15H2,1H3. The molecule has 5 heteroatoms. The maximum atomic E-state index is 13.5. The second-order valence-corrected chi connectivity index (χ2v) is 7.13. The highest BCUT2D eigenvalue weighted by Crippen LogP contribution is 2.48. The molecule has 0 spiro atoms. The minimum absolute atomic E-state index is 0.0509. The number of para-hydroxylation sites is 2. The summed E-state index contributed by atoms with van der Waals surface area (Å²) in [7, 11) is 1.38. The largest absolute Gasteiger partial charge is 0.469 e. The fraction of sp³-hybridized carbons (Fsp3) is 0.125. The number of methoxy groups -OCH3 is 1. The summed E-state index contributed by atoms with van der Waals surface area (Å²) in [5, 5.41) is 0.549. The van der Waals surface area contributed by atoms with E-state index in [9.17, 15) is 9.59 Å². The Bertz CT molecular complexity index is 1310. The molecular weight excluding hydrogens is 364 g/mol. The molecule has 1 aliphatic heterocycles. The van der Waals surface area contributed by atoms with Crippen molar-refractivity contribution in [2.24, 2.45) is 0 Å². The van der Waals surface area contributed by atoms with Crippen LogP contribution in [-0.4, -0.2) is 22.6 Å². The number of hydrogen-bond acceptors (Lipinski definition) is 4. The van der Waals surface area contributed by atoms with Gasteiger partial charge in [-0.15, -0.1) is 0 Å². The van der Waals surface area contributed by atoms with Gasteiger partial charge in [0, 0.05) is 0 Å². The van der Waals surface area contributed by atoms with Crippen LogP contribution in [0.2, 0.25) is 0 Å². The van der Waals surface area contributed by atoms with Gasteiger partial charge in [-0.05, 0) is 29.3 Å². The summed E-state index contributed by atoms with van der Waals surface area (Å²) in [5.41, 5.74) is 2.08. The van der Waals surface area contributed by atoms with Gasteiger partial charge in [0.2, 0.25) is 0 Å². The number of benzene rings is 3. The summed E-state index contributed by atoms with van der Waals surface area (Å²) in [4.78, 5) is 30.9. The molecule has 29 heavy (non-hydrogen) atoms. The first-order valence-corrected chi connectivity index (χ1v) is 9.41. The lowest BCUT2D eigenvalue weighted by molar-refractivity contribution is -0.141. The molecule has 1 aromatic heterocycles. The van der Waals surface area contributed by atoms with E-state index in [1.807, 2.05) is 72.8 Å². The number of fused-ring (bicyclic) bond motifs is 4. The van der Waals surface area contributed by atoms with Gasteiger partial charge in [0.05, 0.1) is 35.5 Å². The second kappa shape index (κ2) is 6.41. The Labute approximate surface area is 167 Å². The third-order valence-electron chi connectivity index (χ3n) is 5.67. The maximum Gasteiger partial charge on any atom is 0.307 e. The highest BCUT2D eigenvalue weighted by Gasteiger charge is 2.49. The van der Waals surface area contributed by atoms with Gasteiger partial charge in [-0.25, -0.2) is 4.98 Å². The van der Waals surface area contributed by atoms with E-state index < -0.39 is 5.41 Å². The number of rotatable bonds is 3. The van der Waals surface area contributed by atoms with Crippen molar-refractivity contribution >= 4 is 16.9 Å². The number of aromatic nitrogens is 2. The molecule has 1 unspecified atom stereocenters. The Morgan fingerprint density at radius 2 is 1.66 bits per heavy atom. The van der Waals surface area contributed by atoms with Crippen molar-refractivity contribution < 1.29 is 9.53 Å². The van der Waals surface area contributed by atoms with Gasteiger partial charge in [-0.2, -0.15) is 0 Å². The zero-order chi connectivity index (χ0) is 20.0. The highest BCUT2D eigenvalue weighted by atomic mass is 16.5. The monoisotopic (exact) mass is 382 g/mol. The van der Waals surface area contributed by atoms with Gasteiger partial charge < -0.3 is 4.74 Å². The molecule has 2 heterocycles. The molecule has 1 aliphatic rings. The Morgan fingerprint density at radius 1 is 0.966 bits per heavy atom. The van der Waals surface area contributed by atoms with Gasteiger partial charge >= 0.3 is 5.97 Å². The molecule has 0 N–H and O–H groups in total. The van der Waals surface area contributed by atoms with Crippen LogP contribution in [0.25, 0.3) is 16.6 Å². The molecule has 0 bridgehead atoms. The number of carbonyl (C=O) groups excluding carboxylic acids is 1. The molecule has 5 rings (SSSR count). The molecule has 0 saturated carbocycles. The minimum atomic E-state index is -0.909. The lowest BCUT2D eigenvalue weighted by Crippen LogP contribution is -2.34. The van der Waals surface area contributed by atoms with E-state index >= 15 is 0 Å². The van der Waals surface area contributed by atoms with Crippen molar-refractivity contribution in [2.45, 2.75) is 11.8 Å². The first-order valence-electron chi connectivity index (χ1n) is 9.41. The predicted molar refractivity (Wildman–Crippen MR) is 110 cm³/mol. The summed E-state index contributed by atoms with van der Waals surface area (Å²) < 4.78 is 6.70. The Kier molecular flexibility index (Phi) is 3.84. The normalized spacial score (nSPS) is 17.0. The fourth-order valence-electron chi connectivity index (χ4n) is 4.36. The zero-order valence-corrected chi connectivity index (χ0v) is 15.8. The van der Waals surface area contributed by atoms with E-state index in [0.717, 1.165) is 16.8 Å². The third-order valence-corrected chi connectivity index (χ3v) is 5.67.